The van der Waals surface area contributed by atoms with Crippen LogP contribution in [-0.2, 0) is 6.54 Å². The van der Waals surface area contributed by atoms with Gasteiger partial charge in [0.25, 0.3) is 5.91 Å². The monoisotopic (exact) mass is 735 g/mol. The Morgan fingerprint density at radius 1 is 0.673 bits per heavy atom. The van der Waals surface area contributed by atoms with Gasteiger partial charge in [-0.05, 0) is 95.1 Å². The van der Waals surface area contributed by atoms with E-state index in [1.807, 2.05) is 41.4 Å². The van der Waals surface area contributed by atoms with E-state index in [0.29, 0.717) is 29.4 Å². The minimum atomic E-state index is -0.290. The molecule has 0 bridgehead atoms. The predicted octanol–water partition coefficient (Wildman–Crippen LogP) is 10.6. The summed E-state index contributed by atoms with van der Waals surface area (Å²) in [5.41, 5.74) is 7.60. The zero-order valence-corrected chi connectivity index (χ0v) is 32.8. The van der Waals surface area contributed by atoms with Crippen molar-refractivity contribution < 1.29 is 23.7 Å². The van der Waals surface area contributed by atoms with E-state index in [4.69, 9.17) is 23.9 Å². The molecule has 1 unspecified atom stereocenters. The highest BCUT2D eigenvalue weighted by molar-refractivity contribution is 6.10. The number of methoxy groups -OCH3 is 3. The van der Waals surface area contributed by atoms with Gasteiger partial charge in [0.15, 0.2) is 11.5 Å². The summed E-state index contributed by atoms with van der Waals surface area (Å²) in [6.07, 6.45) is 3.84. The Morgan fingerprint density at radius 3 is 1.78 bits per heavy atom. The van der Waals surface area contributed by atoms with Gasteiger partial charge in [-0.15, -0.1) is 0 Å². The third kappa shape index (κ3) is 6.58. The number of aliphatic imine (C=N–C) groups is 1. The summed E-state index contributed by atoms with van der Waals surface area (Å²) in [7, 11) is 5.00. The third-order valence-corrected chi connectivity index (χ3v) is 12.1. The van der Waals surface area contributed by atoms with Crippen LogP contribution >= 0.6 is 0 Å². The van der Waals surface area contributed by atoms with Crippen molar-refractivity contribution in [1.29, 1.82) is 0 Å². The van der Waals surface area contributed by atoms with Gasteiger partial charge >= 0.3 is 0 Å². The molecule has 1 amide bonds. The minimum absolute atomic E-state index is 0.000251. The lowest BCUT2D eigenvalue weighted by molar-refractivity contribution is 0.0351. The van der Waals surface area contributed by atoms with E-state index in [0.717, 1.165) is 59.7 Å². The molecule has 8 heteroatoms. The lowest BCUT2D eigenvalue weighted by Gasteiger charge is -2.42. The average Bonchev–Trinajstić information content (AvgIpc) is 3.77. The fourth-order valence-corrected chi connectivity index (χ4v) is 7.88. The van der Waals surface area contributed by atoms with Crippen molar-refractivity contribution >= 4 is 39.6 Å². The molecule has 5 aromatic carbocycles. The van der Waals surface area contributed by atoms with Crippen LogP contribution in [0.4, 0.5) is 5.69 Å². The van der Waals surface area contributed by atoms with Gasteiger partial charge < -0.3 is 28.4 Å². The molecular formula is C47H49N3O5. The topological polar surface area (TPSA) is 74.5 Å². The normalized spacial score (nSPS) is 15.6. The van der Waals surface area contributed by atoms with Crippen LogP contribution < -0.4 is 18.9 Å². The Labute approximate surface area is 323 Å². The van der Waals surface area contributed by atoms with Gasteiger partial charge in [-0.2, -0.15) is 0 Å². The number of aromatic nitrogens is 1. The highest BCUT2D eigenvalue weighted by atomic mass is 16.5. The SMILES string of the molecule is COc1ccc(-c2ccc3c(c2)c2cc(-c4ccc(OC)cc4)ccc2n3CC(C)(C)C(C)(C)COc2cc3c(cc2OC)C(=O)N2CCCC2C=N3)cc1. The lowest BCUT2D eigenvalue weighted by Crippen LogP contribution is -2.40. The highest BCUT2D eigenvalue weighted by Gasteiger charge is 2.39. The summed E-state index contributed by atoms with van der Waals surface area (Å²) in [5.74, 6) is 2.80. The molecule has 1 aromatic heterocycles. The van der Waals surface area contributed by atoms with Crippen molar-refractivity contribution in [3.63, 3.8) is 0 Å². The summed E-state index contributed by atoms with van der Waals surface area (Å²) < 4.78 is 25.7. The second-order valence-electron chi connectivity index (χ2n) is 16.1. The zero-order chi connectivity index (χ0) is 38.5. The molecular weight excluding hydrogens is 687 g/mol. The van der Waals surface area contributed by atoms with E-state index >= 15 is 0 Å². The van der Waals surface area contributed by atoms with Crippen molar-refractivity contribution in [1.82, 2.24) is 9.47 Å². The van der Waals surface area contributed by atoms with E-state index in [9.17, 15) is 4.79 Å². The van der Waals surface area contributed by atoms with Crippen molar-refractivity contribution in [2.24, 2.45) is 15.8 Å². The Bertz CT molecular complexity index is 2320. The smallest absolute Gasteiger partial charge is 0.256 e. The van der Waals surface area contributed by atoms with Crippen molar-refractivity contribution in [2.45, 2.75) is 53.1 Å². The van der Waals surface area contributed by atoms with Crippen LogP contribution in [0.5, 0.6) is 23.0 Å². The van der Waals surface area contributed by atoms with Gasteiger partial charge in [-0.3, -0.25) is 9.79 Å². The summed E-state index contributed by atoms with van der Waals surface area (Å²) in [4.78, 5) is 20.1. The molecule has 1 saturated heterocycles. The van der Waals surface area contributed by atoms with Crippen LogP contribution in [0.15, 0.2) is 102 Å². The number of hydrogen-bond donors (Lipinski definition) is 0. The molecule has 2 aliphatic heterocycles. The van der Waals surface area contributed by atoms with Gasteiger partial charge in [0, 0.05) is 52.6 Å². The first-order valence-electron chi connectivity index (χ1n) is 19.0. The predicted molar refractivity (Wildman–Crippen MR) is 222 cm³/mol. The lowest BCUT2D eigenvalue weighted by atomic mass is 9.68. The van der Waals surface area contributed by atoms with E-state index in [-0.39, 0.29) is 22.8 Å². The Morgan fingerprint density at radius 2 is 1.24 bits per heavy atom. The maximum atomic E-state index is 13.5. The molecule has 1 fully saturated rings. The molecule has 8 nitrogen and oxygen atoms in total. The number of fused-ring (bicyclic) bond motifs is 5. The first-order chi connectivity index (χ1) is 26.5. The molecule has 2 aliphatic rings. The maximum Gasteiger partial charge on any atom is 0.256 e. The Kier molecular flexibility index (Phi) is 9.32. The molecule has 0 saturated carbocycles. The summed E-state index contributed by atoms with van der Waals surface area (Å²) >= 11 is 0. The Hall–Kier alpha value is -5.76. The first kappa shape index (κ1) is 36.2. The number of hydrogen-bond acceptors (Lipinski definition) is 6. The van der Waals surface area contributed by atoms with Crippen molar-refractivity contribution in [3.8, 4) is 45.3 Å². The second-order valence-corrected chi connectivity index (χ2v) is 16.1. The summed E-state index contributed by atoms with van der Waals surface area (Å²) in [6, 6.07) is 33.8. The average molecular weight is 736 g/mol. The van der Waals surface area contributed by atoms with Crippen LogP contribution in [0.1, 0.15) is 50.9 Å². The molecule has 3 heterocycles. The van der Waals surface area contributed by atoms with Gasteiger partial charge in [0.2, 0.25) is 0 Å². The zero-order valence-electron chi connectivity index (χ0n) is 32.8. The van der Waals surface area contributed by atoms with Crippen LogP contribution in [0.25, 0.3) is 44.1 Å². The number of carbonyl (C=O) groups excluding carboxylic acids is 1. The number of amides is 1. The standard InChI is InChI=1S/C47H49N3O5/c1-46(2,47(3,4)29-55-44-26-40-39(25-43(44)54-7)45(51)49-22-8-9-34(49)27-48-40)28-50-41-20-14-32(30-10-16-35(52-5)17-11-30)23-37(41)38-24-33(15-21-42(38)50)31-12-18-36(53-6)19-13-31/h10-21,23-27,34H,8-9,22,28-29H2,1-7H3. The largest absolute Gasteiger partial charge is 0.497 e. The third-order valence-electron chi connectivity index (χ3n) is 12.1. The van der Waals surface area contributed by atoms with Crippen LogP contribution in [0, 0.1) is 10.8 Å². The fourth-order valence-electron chi connectivity index (χ4n) is 7.88. The fraction of sp³-hybridized carbons (Fsp3) is 0.319. The number of ether oxygens (including phenoxy) is 4. The minimum Gasteiger partial charge on any atom is -0.497 e. The van der Waals surface area contributed by atoms with Gasteiger partial charge in [0.05, 0.1) is 45.2 Å². The van der Waals surface area contributed by atoms with E-state index in [1.54, 1.807) is 27.4 Å². The summed E-state index contributed by atoms with van der Waals surface area (Å²) in [6.45, 7) is 11.1. The van der Waals surface area contributed by atoms with Gasteiger partial charge in [-0.1, -0.05) is 64.1 Å². The first-order valence-corrected chi connectivity index (χ1v) is 19.0. The van der Waals surface area contributed by atoms with Crippen LogP contribution in [0.2, 0.25) is 0 Å². The molecule has 0 radical (unpaired) electrons. The molecule has 55 heavy (non-hydrogen) atoms. The molecule has 282 valence electrons. The molecule has 8 rings (SSSR count). The molecule has 1 atom stereocenters. The second kappa shape index (κ2) is 14.1. The number of rotatable bonds is 11. The molecule has 6 aromatic rings. The molecule has 0 spiro atoms. The maximum absolute atomic E-state index is 13.5. The van der Waals surface area contributed by atoms with Gasteiger partial charge in [0.1, 0.15) is 11.5 Å². The number of benzene rings is 5. The molecule has 0 aliphatic carbocycles. The van der Waals surface area contributed by atoms with Gasteiger partial charge in [-0.25, -0.2) is 0 Å². The van der Waals surface area contributed by atoms with Crippen molar-refractivity contribution in [2.75, 3.05) is 34.5 Å². The van der Waals surface area contributed by atoms with Crippen molar-refractivity contribution in [3.05, 3.63) is 103 Å². The van der Waals surface area contributed by atoms with E-state index < -0.39 is 0 Å². The van der Waals surface area contributed by atoms with Crippen LogP contribution in [-0.4, -0.2) is 62.1 Å². The van der Waals surface area contributed by atoms with E-state index in [2.05, 4.69) is 92.9 Å². The quantitative estimate of drug-likeness (QED) is 0.132. The number of carbonyl (C=O) groups is 1. The highest BCUT2D eigenvalue weighted by Crippen LogP contribution is 2.45. The summed E-state index contributed by atoms with van der Waals surface area (Å²) in [5, 5.41) is 2.41. The molecule has 0 N–H and O–H groups in total. The number of nitrogens with zero attached hydrogens (tertiary/aromatic N) is 3. The van der Waals surface area contributed by atoms with E-state index in [1.165, 1.54) is 21.8 Å². The van der Waals surface area contributed by atoms with Crippen LogP contribution in [0.3, 0.4) is 0 Å². The Balaban J connectivity index is 1.13.